The van der Waals surface area contributed by atoms with Crippen molar-refractivity contribution in [1.29, 1.82) is 0 Å². The zero-order valence-corrected chi connectivity index (χ0v) is 12.0. The fourth-order valence-corrected chi connectivity index (χ4v) is 2.22. The van der Waals surface area contributed by atoms with E-state index in [1.807, 2.05) is 48.6 Å². The van der Waals surface area contributed by atoms with E-state index in [0.717, 1.165) is 0 Å². The van der Waals surface area contributed by atoms with E-state index in [1.165, 1.54) is 0 Å². The topological polar surface area (TPSA) is 36.9 Å². The summed E-state index contributed by atoms with van der Waals surface area (Å²) in [5.41, 5.74) is -0.635. The van der Waals surface area contributed by atoms with Gasteiger partial charge in [0, 0.05) is 14.2 Å². The third-order valence-corrected chi connectivity index (χ3v) is 3.41. The predicted octanol–water partition coefficient (Wildman–Crippen LogP) is 2.60. The summed E-state index contributed by atoms with van der Waals surface area (Å²) in [6.07, 6.45) is 7.59. The van der Waals surface area contributed by atoms with Crippen LogP contribution in [0.5, 0.6) is 11.5 Å². The number of allylic oxidation sites excluding steroid dienone is 2. The first-order chi connectivity index (χ1) is 9.75. The van der Waals surface area contributed by atoms with Crippen molar-refractivity contribution in [3.63, 3.8) is 0 Å². The zero-order valence-electron chi connectivity index (χ0n) is 12.0. The molecule has 0 radical (unpaired) electrons. The van der Waals surface area contributed by atoms with Crippen LogP contribution in [0.25, 0.3) is 0 Å². The Bertz CT molecular complexity index is 495. The van der Waals surface area contributed by atoms with Gasteiger partial charge in [-0.1, -0.05) is 30.4 Å². The molecule has 0 saturated heterocycles. The molecule has 0 bridgehead atoms. The molecular weight excluding hydrogens is 256 g/mol. The highest BCUT2D eigenvalue weighted by atomic mass is 16.6. The fourth-order valence-electron chi connectivity index (χ4n) is 2.22. The molecule has 4 heteroatoms. The lowest BCUT2D eigenvalue weighted by atomic mass is 9.92. The first kappa shape index (κ1) is 14.6. The van der Waals surface area contributed by atoms with E-state index in [2.05, 4.69) is 0 Å². The summed E-state index contributed by atoms with van der Waals surface area (Å²) in [7, 11) is 4.93. The van der Waals surface area contributed by atoms with E-state index in [-0.39, 0.29) is 6.10 Å². The molecule has 1 aliphatic rings. The molecule has 0 saturated carbocycles. The van der Waals surface area contributed by atoms with Crippen LogP contribution in [0.3, 0.4) is 0 Å². The summed E-state index contributed by atoms with van der Waals surface area (Å²) in [6.45, 7) is 0.337. The molecule has 0 N–H and O–H groups in total. The van der Waals surface area contributed by atoms with Crippen LogP contribution in [0.4, 0.5) is 0 Å². The monoisotopic (exact) mass is 276 g/mol. The van der Waals surface area contributed by atoms with Crippen molar-refractivity contribution in [3.05, 3.63) is 48.6 Å². The number of hydrogen-bond acceptors (Lipinski definition) is 4. The lowest BCUT2D eigenvalue weighted by molar-refractivity contribution is -0.0881. The zero-order chi connectivity index (χ0) is 14.4. The Morgan fingerprint density at radius 2 is 1.80 bits per heavy atom. The largest absolute Gasteiger partial charge is 0.493 e. The molecule has 2 atom stereocenters. The van der Waals surface area contributed by atoms with Crippen LogP contribution in [0, 0.1) is 0 Å². The second-order valence-electron chi connectivity index (χ2n) is 4.50. The van der Waals surface area contributed by atoms with Crippen molar-refractivity contribution in [1.82, 2.24) is 0 Å². The molecule has 20 heavy (non-hydrogen) atoms. The molecule has 2 unspecified atom stereocenters. The lowest BCUT2D eigenvalue weighted by Gasteiger charge is -2.36. The highest BCUT2D eigenvalue weighted by Crippen LogP contribution is 2.30. The van der Waals surface area contributed by atoms with Crippen molar-refractivity contribution in [3.8, 4) is 11.5 Å². The Morgan fingerprint density at radius 3 is 2.45 bits per heavy atom. The SMILES string of the molecule is COc1ccccc1OCC1(OC)C=CC=CC1OC. The van der Waals surface area contributed by atoms with Crippen LogP contribution in [0.15, 0.2) is 48.6 Å². The average Bonchev–Trinajstić information content (AvgIpc) is 2.53. The quantitative estimate of drug-likeness (QED) is 0.800. The van der Waals surface area contributed by atoms with E-state index >= 15 is 0 Å². The van der Waals surface area contributed by atoms with Gasteiger partial charge in [0.2, 0.25) is 0 Å². The van der Waals surface area contributed by atoms with E-state index in [4.69, 9.17) is 18.9 Å². The molecule has 0 aliphatic heterocycles. The molecule has 1 aromatic rings. The number of benzene rings is 1. The first-order valence-corrected chi connectivity index (χ1v) is 6.45. The number of hydrogen-bond donors (Lipinski definition) is 0. The average molecular weight is 276 g/mol. The lowest BCUT2D eigenvalue weighted by Crippen LogP contribution is -2.48. The van der Waals surface area contributed by atoms with Crippen molar-refractivity contribution < 1.29 is 18.9 Å². The molecule has 4 nitrogen and oxygen atoms in total. The summed E-state index contributed by atoms with van der Waals surface area (Å²) < 4.78 is 22.3. The minimum atomic E-state index is -0.635. The van der Waals surface area contributed by atoms with Crippen LogP contribution >= 0.6 is 0 Å². The van der Waals surface area contributed by atoms with E-state index in [9.17, 15) is 0 Å². The van der Waals surface area contributed by atoms with Crippen LogP contribution in [-0.2, 0) is 9.47 Å². The minimum Gasteiger partial charge on any atom is -0.493 e. The minimum absolute atomic E-state index is 0.188. The normalized spacial score (nSPS) is 24.6. The van der Waals surface area contributed by atoms with E-state index in [0.29, 0.717) is 18.1 Å². The first-order valence-electron chi connectivity index (χ1n) is 6.45. The van der Waals surface area contributed by atoms with Gasteiger partial charge in [0.25, 0.3) is 0 Å². The molecule has 1 aromatic carbocycles. The molecule has 0 aromatic heterocycles. The Balaban J connectivity index is 2.14. The second kappa shape index (κ2) is 6.59. The molecule has 108 valence electrons. The van der Waals surface area contributed by atoms with Gasteiger partial charge in [0.15, 0.2) is 11.5 Å². The molecule has 0 spiro atoms. The van der Waals surface area contributed by atoms with Gasteiger partial charge in [-0.3, -0.25) is 0 Å². The van der Waals surface area contributed by atoms with Gasteiger partial charge in [0.05, 0.1) is 7.11 Å². The third-order valence-electron chi connectivity index (χ3n) is 3.41. The smallest absolute Gasteiger partial charge is 0.161 e. The maximum absolute atomic E-state index is 5.88. The number of para-hydroxylation sites is 2. The highest BCUT2D eigenvalue weighted by molar-refractivity contribution is 5.39. The van der Waals surface area contributed by atoms with Gasteiger partial charge in [-0.25, -0.2) is 0 Å². The summed E-state index contributed by atoms with van der Waals surface area (Å²) in [6, 6.07) is 7.53. The van der Waals surface area contributed by atoms with Crippen molar-refractivity contribution in [2.45, 2.75) is 11.7 Å². The maximum Gasteiger partial charge on any atom is 0.161 e. The maximum atomic E-state index is 5.88. The van der Waals surface area contributed by atoms with Gasteiger partial charge in [-0.15, -0.1) is 0 Å². The standard InChI is InChI=1S/C16H20O4/c1-17-13-8-4-5-9-14(13)20-12-16(19-3)11-7-6-10-15(16)18-2/h4-11,15H,12H2,1-3H3. The Labute approximate surface area is 119 Å². The number of ether oxygens (including phenoxy) is 4. The summed E-state index contributed by atoms with van der Waals surface area (Å²) >= 11 is 0. The number of rotatable bonds is 6. The number of methoxy groups -OCH3 is 3. The molecule has 2 rings (SSSR count). The Kier molecular flexibility index (Phi) is 4.82. The van der Waals surface area contributed by atoms with Crippen LogP contribution in [0.2, 0.25) is 0 Å². The molecule has 0 heterocycles. The van der Waals surface area contributed by atoms with Gasteiger partial charge < -0.3 is 18.9 Å². The highest BCUT2D eigenvalue weighted by Gasteiger charge is 2.38. The Morgan fingerprint density at radius 1 is 1.05 bits per heavy atom. The van der Waals surface area contributed by atoms with Crippen LogP contribution in [-0.4, -0.2) is 39.6 Å². The second-order valence-corrected chi connectivity index (χ2v) is 4.50. The summed E-state index contributed by atoms with van der Waals surface area (Å²) in [5.74, 6) is 1.38. The van der Waals surface area contributed by atoms with Crippen LogP contribution < -0.4 is 9.47 Å². The van der Waals surface area contributed by atoms with Gasteiger partial charge in [-0.2, -0.15) is 0 Å². The summed E-state index contributed by atoms with van der Waals surface area (Å²) in [4.78, 5) is 0. The van der Waals surface area contributed by atoms with Crippen LogP contribution in [0.1, 0.15) is 0 Å². The fraction of sp³-hybridized carbons (Fsp3) is 0.375. The molecule has 0 amide bonds. The van der Waals surface area contributed by atoms with Gasteiger partial charge >= 0.3 is 0 Å². The van der Waals surface area contributed by atoms with Crippen molar-refractivity contribution in [2.75, 3.05) is 27.9 Å². The molecule has 1 aliphatic carbocycles. The van der Waals surface area contributed by atoms with Crippen molar-refractivity contribution >= 4 is 0 Å². The van der Waals surface area contributed by atoms with E-state index in [1.54, 1.807) is 21.3 Å². The van der Waals surface area contributed by atoms with Gasteiger partial charge in [-0.05, 0) is 18.2 Å². The molecule has 0 fully saturated rings. The Hall–Kier alpha value is -1.78. The third kappa shape index (κ3) is 2.86. The molecular formula is C16H20O4. The summed E-state index contributed by atoms with van der Waals surface area (Å²) in [5, 5.41) is 0. The van der Waals surface area contributed by atoms with E-state index < -0.39 is 5.60 Å². The predicted molar refractivity (Wildman–Crippen MR) is 77.3 cm³/mol. The van der Waals surface area contributed by atoms with Gasteiger partial charge in [0.1, 0.15) is 18.3 Å². The van der Waals surface area contributed by atoms with Crippen molar-refractivity contribution in [2.24, 2.45) is 0 Å².